The van der Waals surface area contributed by atoms with Crippen molar-refractivity contribution in [2.45, 2.75) is 26.8 Å². The topological polar surface area (TPSA) is 46.2 Å². The molecule has 1 aromatic carbocycles. The minimum atomic E-state index is -0.610. The lowest BCUT2D eigenvalue weighted by atomic mass is 9.92. The van der Waals surface area contributed by atoms with Crippen molar-refractivity contribution in [2.75, 3.05) is 0 Å². The Morgan fingerprint density at radius 2 is 1.93 bits per heavy atom. The summed E-state index contributed by atoms with van der Waals surface area (Å²) in [6.45, 7) is 5.69. The summed E-state index contributed by atoms with van der Waals surface area (Å²) in [6, 6.07) is 2.55. The Balaban J connectivity index is 3.25. The Hall–Kier alpha value is -1.09. The molecular formula is C11H16FNO. The molecule has 0 amide bonds. The first-order chi connectivity index (χ1) is 6.45. The molecule has 0 radical (unpaired) electrons. The van der Waals surface area contributed by atoms with Crippen molar-refractivity contribution in [2.24, 2.45) is 11.7 Å². The molecule has 0 saturated heterocycles. The van der Waals surface area contributed by atoms with Crippen LogP contribution in [0.4, 0.5) is 4.39 Å². The summed E-state index contributed by atoms with van der Waals surface area (Å²) in [4.78, 5) is 0. The second kappa shape index (κ2) is 3.96. The Bertz CT molecular complexity index is 336. The van der Waals surface area contributed by atoms with Gasteiger partial charge in [0.05, 0.1) is 0 Å². The predicted molar refractivity (Wildman–Crippen MR) is 54.6 cm³/mol. The average molecular weight is 197 g/mol. The standard InChI is InChI=1S/C11H16FNO/c1-6(2)10(13)9-7(3)4-5-8(12)11(9)14/h4-6,10,14H,13H2,1-3H3. The van der Waals surface area contributed by atoms with Crippen LogP contribution in [0.3, 0.4) is 0 Å². The number of aromatic hydroxyl groups is 1. The molecule has 3 N–H and O–H groups in total. The van der Waals surface area contributed by atoms with Crippen molar-refractivity contribution in [3.05, 3.63) is 29.1 Å². The Morgan fingerprint density at radius 1 is 1.36 bits per heavy atom. The summed E-state index contributed by atoms with van der Waals surface area (Å²) < 4.78 is 13.1. The summed E-state index contributed by atoms with van der Waals surface area (Å²) in [5, 5.41) is 9.54. The highest BCUT2D eigenvalue weighted by atomic mass is 19.1. The summed E-state index contributed by atoms with van der Waals surface area (Å²) in [6.07, 6.45) is 0. The zero-order valence-electron chi connectivity index (χ0n) is 8.71. The van der Waals surface area contributed by atoms with Gasteiger partial charge in [-0.15, -0.1) is 0 Å². The molecule has 0 heterocycles. The normalized spacial score (nSPS) is 13.3. The zero-order valence-corrected chi connectivity index (χ0v) is 8.71. The van der Waals surface area contributed by atoms with Crippen LogP contribution in [0.25, 0.3) is 0 Å². The van der Waals surface area contributed by atoms with E-state index in [1.807, 2.05) is 20.8 Å². The number of hydrogen-bond acceptors (Lipinski definition) is 2. The molecule has 0 aliphatic carbocycles. The Morgan fingerprint density at radius 3 is 2.43 bits per heavy atom. The number of hydrogen-bond donors (Lipinski definition) is 2. The van der Waals surface area contributed by atoms with Crippen LogP contribution in [0.5, 0.6) is 5.75 Å². The summed E-state index contributed by atoms with van der Waals surface area (Å²) in [5.74, 6) is -0.755. The van der Waals surface area contributed by atoms with E-state index in [9.17, 15) is 9.50 Å². The van der Waals surface area contributed by atoms with Crippen LogP contribution in [-0.2, 0) is 0 Å². The largest absolute Gasteiger partial charge is 0.505 e. The molecule has 14 heavy (non-hydrogen) atoms. The van der Waals surface area contributed by atoms with Crippen LogP contribution < -0.4 is 5.73 Å². The van der Waals surface area contributed by atoms with Gasteiger partial charge in [-0.3, -0.25) is 0 Å². The predicted octanol–water partition coefficient (Wildman–Crippen LogP) is 2.50. The number of halogens is 1. The van der Waals surface area contributed by atoms with Gasteiger partial charge in [-0.1, -0.05) is 19.9 Å². The zero-order chi connectivity index (χ0) is 10.9. The molecule has 0 aliphatic heterocycles. The maximum atomic E-state index is 13.1. The lowest BCUT2D eigenvalue weighted by Gasteiger charge is -2.19. The van der Waals surface area contributed by atoms with E-state index in [1.165, 1.54) is 6.07 Å². The second-order valence-electron chi connectivity index (χ2n) is 3.90. The van der Waals surface area contributed by atoms with E-state index in [4.69, 9.17) is 5.73 Å². The molecule has 0 spiro atoms. The van der Waals surface area contributed by atoms with Gasteiger partial charge in [0.25, 0.3) is 0 Å². The van der Waals surface area contributed by atoms with Crippen LogP contribution in [0.15, 0.2) is 12.1 Å². The highest BCUT2D eigenvalue weighted by Gasteiger charge is 2.19. The van der Waals surface area contributed by atoms with Crippen LogP contribution in [-0.4, -0.2) is 5.11 Å². The van der Waals surface area contributed by atoms with Gasteiger partial charge in [0.1, 0.15) is 0 Å². The van der Waals surface area contributed by atoms with Crippen molar-refractivity contribution < 1.29 is 9.50 Å². The lowest BCUT2D eigenvalue weighted by Crippen LogP contribution is -2.18. The maximum absolute atomic E-state index is 13.1. The van der Waals surface area contributed by atoms with Gasteiger partial charge in [0.2, 0.25) is 0 Å². The third kappa shape index (κ3) is 1.87. The SMILES string of the molecule is Cc1ccc(F)c(O)c1C(N)C(C)C. The Kier molecular flexibility index (Phi) is 3.11. The number of phenols is 1. The van der Waals surface area contributed by atoms with Crippen molar-refractivity contribution in [3.63, 3.8) is 0 Å². The smallest absolute Gasteiger partial charge is 0.165 e. The highest BCUT2D eigenvalue weighted by molar-refractivity contribution is 5.42. The van der Waals surface area contributed by atoms with E-state index in [-0.39, 0.29) is 17.7 Å². The molecule has 0 fully saturated rings. The monoisotopic (exact) mass is 197 g/mol. The molecule has 1 unspecified atom stereocenters. The molecular weight excluding hydrogens is 181 g/mol. The van der Waals surface area contributed by atoms with Gasteiger partial charge < -0.3 is 10.8 Å². The van der Waals surface area contributed by atoms with Crippen molar-refractivity contribution in [1.82, 2.24) is 0 Å². The van der Waals surface area contributed by atoms with E-state index >= 15 is 0 Å². The third-order valence-corrected chi connectivity index (χ3v) is 2.44. The molecule has 0 saturated carbocycles. The van der Waals surface area contributed by atoms with E-state index in [1.54, 1.807) is 6.07 Å². The lowest BCUT2D eigenvalue weighted by molar-refractivity contribution is 0.406. The number of phenolic OH excluding ortho intramolecular Hbond substituents is 1. The summed E-state index contributed by atoms with van der Waals surface area (Å²) >= 11 is 0. The molecule has 1 atom stereocenters. The molecule has 2 nitrogen and oxygen atoms in total. The van der Waals surface area contributed by atoms with Crippen LogP contribution >= 0.6 is 0 Å². The highest BCUT2D eigenvalue weighted by Crippen LogP contribution is 2.32. The van der Waals surface area contributed by atoms with Gasteiger partial charge in [0, 0.05) is 11.6 Å². The first-order valence-corrected chi connectivity index (χ1v) is 4.68. The van der Waals surface area contributed by atoms with E-state index in [0.717, 1.165) is 5.56 Å². The molecule has 3 heteroatoms. The third-order valence-electron chi connectivity index (χ3n) is 2.44. The molecule has 0 bridgehead atoms. The van der Waals surface area contributed by atoms with Gasteiger partial charge >= 0.3 is 0 Å². The fourth-order valence-electron chi connectivity index (χ4n) is 1.44. The van der Waals surface area contributed by atoms with Crippen LogP contribution in [0, 0.1) is 18.7 Å². The van der Waals surface area contributed by atoms with Crippen LogP contribution in [0.1, 0.15) is 31.0 Å². The van der Waals surface area contributed by atoms with E-state index in [2.05, 4.69) is 0 Å². The maximum Gasteiger partial charge on any atom is 0.165 e. The average Bonchev–Trinajstić information content (AvgIpc) is 2.12. The van der Waals surface area contributed by atoms with Crippen molar-refractivity contribution in [1.29, 1.82) is 0 Å². The van der Waals surface area contributed by atoms with Crippen molar-refractivity contribution >= 4 is 0 Å². The minimum absolute atomic E-state index is 0.168. The summed E-state index contributed by atoms with van der Waals surface area (Å²) in [5.41, 5.74) is 7.22. The minimum Gasteiger partial charge on any atom is -0.505 e. The first kappa shape index (κ1) is 11.0. The second-order valence-corrected chi connectivity index (χ2v) is 3.90. The number of nitrogens with two attached hydrogens (primary N) is 1. The van der Waals surface area contributed by atoms with E-state index < -0.39 is 5.82 Å². The molecule has 1 rings (SSSR count). The molecule has 0 aromatic heterocycles. The quantitative estimate of drug-likeness (QED) is 0.765. The van der Waals surface area contributed by atoms with E-state index in [0.29, 0.717) is 5.56 Å². The van der Waals surface area contributed by atoms with Gasteiger partial charge in [-0.05, 0) is 24.5 Å². The number of benzene rings is 1. The van der Waals surface area contributed by atoms with Crippen LogP contribution in [0.2, 0.25) is 0 Å². The fourth-order valence-corrected chi connectivity index (χ4v) is 1.44. The Labute approximate surface area is 83.6 Å². The van der Waals surface area contributed by atoms with Gasteiger partial charge in [-0.2, -0.15) is 0 Å². The molecule has 1 aromatic rings. The molecule has 78 valence electrons. The summed E-state index contributed by atoms with van der Waals surface area (Å²) in [7, 11) is 0. The first-order valence-electron chi connectivity index (χ1n) is 4.68. The van der Waals surface area contributed by atoms with Gasteiger partial charge in [-0.25, -0.2) is 4.39 Å². The molecule has 0 aliphatic rings. The number of aryl methyl sites for hydroxylation is 1. The van der Waals surface area contributed by atoms with Crippen molar-refractivity contribution in [3.8, 4) is 5.75 Å². The number of rotatable bonds is 2. The van der Waals surface area contributed by atoms with Gasteiger partial charge in [0.15, 0.2) is 11.6 Å². The fraction of sp³-hybridized carbons (Fsp3) is 0.455.